The molecule has 1 atom stereocenters. The van der Waals surface area contributed by atoms with Gasteiger partial charge in [0.15, 0.2) is 0 Å². The predicted molar refractivity (Wildman–Crippen MR) is 155 cm³/mol. The van der Waals surface area contributed by atoms with Gasteiger partial charge >= 0.3 is 0 Å². The van der Waals surface area contributed by atoms with Crippen LogP contribution in [0, 0.1) is 0 Å². The lowest BCUT2D eigenvalue weighted by Crippen LogP contribution is -2.44. The number of aromatic amines is 1. The first kappa shape index (κ1) is 26.8. The van der Waals surface area contributed by atoms with E-state index in [1.54, 1.807) is 7.11 Å². The van der Waals surface area contributed by atoms with E-state index in [9.17, 15) is 4.79 Å². The molecule has 4 aromatic rings. The summed E-state index contributed by atoms with van der Waals surface area (Å²) in [6.07, 6.45) is 4.18. The number of allylic oxidation sites excluding steroid dienone is 1. The topological polar surface area (TPSA) is 83.4 Å². The van der Waals surface area contributed by atoms with Crippen molar-refractivity contribution in [3.63, 3.8) is 0 Å². The Bertz CT molecular complexity index is 1380. The molecule has 0 radical (unpaired) electrons. The van der Waals surface area contributed by atoms with Crippen LogP contribution in [0.25, 0.3) is 10.9 Å². The van der Waals surface area contributed by atoms with Gasteiger partial charge in [-0.1, -0.05) is 73.8 Å². The van der Waals surface area contributed by atoms with Gasteiger partial charge in [-0.3, -0.25) is 4.79 Å². The van der Waals surface area contributed by atoms with Crippen LogP contribution < -0.4 is 15.8 Å². The third-order valence-electron chi connectivity index (χ3n) is 6.80. The Morgan fingerprint density at radius 1 is 1.00 bits per heavy atom. The highest BCUT2D eigenvalue weighted by molar-refractivity contribution is 5.83. The number of hydrogen-bond donors (Lipinski definition) is 3. The summed E-state index contributed by atoms with van der Waals surface area (Å²) in [5, 5.41) is 4.22. The second-order valence-corrected chi connectivity index (χ2v) is 9.37. The highest BCUT2D eigenvalue weighted by atomic mass is 16.5. The Kier molecular flexibility index (Phi) is 9.01. The van der Waals surface area contributed by atoms with E-state index in [0.717, 1.165) is 52.0 Å². The van der Waals surface area contributed by atoms with Gasteiger partial charge in [-0.25, -0.2) is 0 Å². The first-order valence-electron chi connectivity index (χ1n) is 12.8. The molecule has 38 heavy (non-hydrogen) atoms. The Morgan fingerprint density at radius 3 is 2.42 bits per heavy atom. The summed E-state index contributed by atoms with van der Waals surface area (Å²) >= 11 is 0. The molecule has 1 heterocycles. The summed E-state index contributed by atoms with van der Waals surface area (Å²) in [6.45, 7) is 9.41. The molecule has 1 aromatic heterocycles. The molecular weight excluding hydrogens is 472 g/mol. The molecule has 4 N–H and O–H groups in total. The number of rotatable bonds is 13. The fourth-order valence-electron chi connectivity index (χ4n) is 4.61. The molecule has 1 amide bonds. The zero-order valence-electron chi connectivity index (χ0n) is 22.0. The number of nitrogens with two attached hydrogens (primary N) is 1. The van der Waals surface area contributed by atoms with Crippen LogP contribution in [0.4, 0.5) is 0 Å². The van der Waals surface area contributed by atoms with E-state index in [4.69, 9.17) is 10.5 Å². The molecule has 0 spiro atoms. The van der Waals surface area contributed by atoms with Crippen LogP contribution in [0.2, 0.25) is 0 Å². The number of methoxy groups -OCH3 is 1. The average molecular weight is 509 g/mol. The molecule has 6 heteroatoms. The fourth-order valence-corrected chi connectivity index (χ4v) is 4.61. The number of fused-ring (bicyclic) bond motifs is 1. The average Bonchev–Trinajstić information content (AvgIpc) is 3.37. The summed E-state index contributed by atoms with van der Waals surface area (Å²) in [7, 11) is 1.66. The van der Waals surface area contributed by atoms with Gasteiger partial charge in [0.05, 0.1) is 19.7 Å². The highest BCUT2D eigenvalue weighted by Gasteiger charge is 2.24. The van der Waals surface area contributed by atoms with Crippen LogP contribution in [0.1, 0.15) is 23.1 Å². The van der Waals surface area contributed by atoms with Crippen molar-refractivity contribution >= 4 is 16.8 Å². The van der Waals surface area contributed by atoms with E-state index in [0.29, 0.717) is 13.0 Å². The number of aryl methyl sites for hydroxylation is 1. The summed E-state index contributed by atoms with van der Waals surface area (Å²) in [6, 6.07) is 26.1. The largest absolute Gasteiger partial charge is 0.497 e. The second kappa shape index (κ2) is 12.8. The number of benzene rings is 3. The minimum atomic E-state index is -0.364. The van der Waals surface area contributed by atoms with Crippen molar-refractivity contribution in [3.05, 3.63) is 126 Å². The lowest BCUT2D eigenvalue weighted by atomic mass is 10.0. The summed E-state index contributed by atoms with van der Waals surface area (Å²) in [5.41, 5.74) is 11.9. The van der Waals surface area contributed by atoms with Gasteiger partial charge in [0.2, 0.25) is 5.91 Å². The predicted octanol–water partition coefficient (Wildman–Crippen LogP) is 5.32. The van der Waals surface area contributed by atoms with E-state index in [1.807, 2.05) is 66.9 Å². The number of amides is 1. The maximum Gasteiger partial charge on any atom is 0.234 e. The normalized spacial score (nSPS) is 11.6. The van der Waals surface area contributed by atoms with E-state index >= 15 is 0 Å². The molecule has 0 saturated heterocycles. The van der Waals surface area contributed by atoms with E-state index in [-0.39, 0.29) is 18.5 Å². The third-order valence-corrected chi connectivity index (χ3v) is 6.80. The second-order valence-electron chi connectivity index (χ2n) is 9.37. The standard InChI is InChI=1S/C32H36N4O2/c1-23(13-14-25-9-5-4-6-10-25)36(22-26-15-17-28(38-3)18-16-26)24(2)31(35-32(37)20-33)19-27-21-34-30-12-8-7-11-29(27)30/h4-12,15-18,21,31,34H,1-2,13-14,19-20,22,33H2,3H3,(H,35,37)/t31-/m1/s1. The molecular formula is C32H36N4O2. The zero-order chi connectivity index (χ0) is 26.9. The van der Waals surface area contributed by atoms with Crippen LogP contribution in [0.3, 0.4) is 0 Å². The number of nitrogens with one attached hydrogen (secondary N) is 2. The molecule has 0 aliphatic rings. The van der Waals surface area contributed by atoms with Gasteiger partial charge in [-0.2, -0.15) is 0 Å². The molecule has 0 aliphatic carbocycles. The number of nitrogens with zero attached hydrogens (tertiary/aromatic N) is 1. The van der Waals surface area contributed by atoms with E-state index < -0.39 is 0 Å². The molecule has 0 saturated carbocycles. The Labute approximate surface area is 224 Å². The quantitative estimate of drug-likeness (QED) is 0.228. The van der Waals surface area contributed by atoms with Crippen molar-refractivity contribution in [3.8, 4) is 5.75 Å². The summed E-state index contributed by atoms with van der Waals surface area (Å²) < 4.78 is 5.33. The lowest BCUT2D eigenvalue weighted by molar-refractivity contribution is -0.120. The highest BCUT2D eigenvalue weighted by Crippen LogP contribution is 2.26. The van der Waals surface area contributed by atoms with Gasteiger partial charge in [0.1, 0.15) is 5.75 Å². The Morgan fingerprint density at radius 2 is 1.71 bits per heavy atom. The van der Waals surface area contributed by atoms with Gasteiger partial charge in [0, 0.05) is 41.5 Å². The molecule has 0 aliphatic heterocycles. The lowest BCUT2D eigenvalue weighted by Gasteiger charge is -2.34. The fraction of sp³-hybridized carbons (Fsp3) is 0.219. The van der Waals surface area contributed by atoms with Crippen LogP contribution in [-0.4, -0.2) is 35.5 Å². The van der Waals surface area contributed by atoms with Crippen molar-refractivity contribution in [2.45, 2.75) is 31.8 Å². The molecule has 0 fully saturated rings. The molecule has 0 bridgehead atoms. The van der Waals surface area contributed by atoms with Crippen LogP contribution in [0.5, 0.6) is 5.75 Å². The minimum absolute atomic E-state index is 0.0922. The number of aromatic nitrogens is 1. The van der Waals surface area contributed by atoms with Crippen LogP contribution >= 0.6 is 0 Å². The Hall–Kier alpha value is -4.29. The number of H-pyrrole nitrogens is 1. The van der Waals surface area contributed by atoms with Crippen LogP contribution in [-0.2, 0) is 24.2 Å². The van der Waals surface area contributed by atoms with Crippen molar-refractivity contribution in [1.29, 1.82) is 0 Å². The van der Waals surface area contributed by atoms with Crippen molar-refractivity contribution < 1.29 is 9.53 Å². The van der Waals surface area contributed by atoms with Gasteiger partial charge in [-0.15, -0.1) is 0 Å². The van der Waals surface area contributed by atoms with Gasteiger partial charge in [0.25, 0.3) is 0 Å². The monoisotopic (exact) mass is 508 g/mol. The zero-order valence-corrected chi connectivity index (χ0v) is 22.0. The maximum atomic E-state index is 12.5. The molecule has 0 unspecified atom stereocenters. The molecule has 4 rings (SSSR count). The first-order chi connectivity index (χ1) is 18.5. The van der Waals surface area contributed by atoms with Crippen molar-refractivity contribution in [2.24, 2.45) is 5.73 Å². The van der Waals surface area contributed by atoms with Gasteiger partial charge < -0.3 is 25.7 Å². The Balaban J connectivity index is 1.62. The summed E-state index contributed by atoms with van der Waals surface area (Å²) in [4.78, 5) is 18.0. The van der Waals surface area contributed by atoms with Crippen molar-refractivity contribution in [2.75, 3.05) is 13.7 Å². The number of carbonyl (C=O) groups is 1. The van der Waals surface area contributed by atoms with Crippen LogP contribution in [0.15, 0.2) is 110 Å². The minimum Gasteiger partial charge on any atom is -0.497 e. The molecule has 6 nitrogen and oxygen atoms in total. The summed E-state index contributed by atoms with van der Waals surface area (Å²) in [5.74, 6) is 0.574. The first-order valence-corrected chi connectivity index (χ1v) is 12.8. The SMILES string of the molecule is C=C(CCc1ccccc1)N(Cc1ccc(OC)cc1)C(=C)[C@@H](Cc1c[nH]c2ccccc12)NC(=O)CN. The van der Waals surface area contributed by atoms with E-state index in [1.165, 1.54) is 5.56 Å². The maximum absolute atomic E-state index is 12.5. The molecule has 196 valence electrons. The van der Waals surface area contributed by atoms with Gasteiger partial charge in [-0.05, 0) is 47.7 Å². The number of hydrogen-bond acceptors (Lipinski definition) is 4. The number of ether oxygens (including phenoxy) is 1. The number of para-hydroxylation sites is 1. The smallest absolute Gasteiger partial charge is 0.234 e. The number of carbonyl (C=O) groups excluding carboxylic acids is 1. The third kappa shape index (κ3) is 6.72. The molecule has 3 aromatic carbocycles. The van der Waals surface area contributed by atoms with Crippen molar-refractivity contribution in [1.82, 2.24) is 15.2 Å². The van der Waals surface area contributed by atoms with E-state index in [2.05, 4.69) is 46.6 Å².